The Bertz CT molecular complexity index is 499. The first-order valence-corrected chi connectivity index (χ1v) is 5.30. The molecule has 1 amide bonds. The van der Waals surface area contributed by atoms with Crippen molar-refractivity contribution in [1.82, 2.24) is 5.43 Å². The molecule has 102 valence electrons. The fourth-order valence-corrected chi connectivity index (χ4v) is 1.21. The van der Waals surface area contributed by atoms with Gasteiger partial charge in [-0.2, -0.15) is 5.10 Å². The number of amides is 1. The van der Waals surface area contributed by atoms with Gasteiger partial charge in [-0.15, -0.1) is 0 Å². The number of hydrazone groups is 1. The van der Waals surface area contributed by atoms with Crippen molar-refractivity contribution in [2.45, 2.75) is 6.92 Å². The van der Waals surface area contributed by atoms with Crippen LogP contribution in [0.15, 0.2) is 23.3 Å². The van der Waals surface area contributed by atoms with Gasteiger partial charge in [0.25, 0.3) is 0 Å². The Balaban J connectivity index is 2.81. The van der Waals surface area contributed by atoms with E-state index in [2.05, 4.69) is 15.3 Å². The van der Waals surface area contributed by atoms with Crippen LogP contribution in [0.4, 0.5) is 4.79 Å². The van der Waals surface area contributed by atoms with Crippen LogP contribution in [-0.4, -0.2) is 32.5 Å². The number of carbonyl (C=O) groups excluding carboxylic acids is 2. The molecule has 0 saturated carbocycles. The smallest absolute Gasteiger partial charge is 0.427 e. The predicted octanol–water partition coefficient (Wildman–Crippen LogP) is 1.31. The lowest BCUT2D eigenvalue weighted by molar-refractivity contribution is -0.132. The normalized spacial score (nSPS) is 10.1. The Hall–Kier alpha value is -2.57. The van der Waals surface area contributed by atoms with E-state index >= 15 is 0 Å². The van der Waals surface area contributed by atoms with Gasteiger partial charge in [0, 0.05) is 6.92 Å². The molecule has 0 radical (unpaired) electrons. The van der Waals surface area contributed by atoms with Crippen LogP contribution in [0.3, 0.4) is 0 Å². The summed E-state index contributed by atoms with van der Waals surface area (Å²) in [6.45, 7) is 1.30. The van der Waals surface area contributed by atoms with E-state index in [9.17, 15) is 9.59 Å². The summed E-state index contributed by atoms with van der Waals surface area (Å²) in [5.74, 6) is 0.261. The maximum atomic E-state index is 10.9. The fourth-order valence-electron chi connectivity index (χ4n) is 1.21. The molecule has 0 saturated heterocycles. The van der Waals surface area contributed by atoms with Gasteiger partial charge in [0.15, 0.2) is 11.5 Å². The molecule has 0 aromatic heterocycles. The Kier molecular flexibility index (Phi) is 5.34. The zero-order valence-electron chi connectivity index (χ0n) is 10.8. The van der Waals surface area contributed by atoms with Crippen LogP contribution in [-0.2, 0) is 9.53 Å². The summed E-state index contributed by atoms with van der Waals surface area (Å²) in [5, 5.41) is 3.67. The molecule has 7 nitrogen and oxygen atoms in total. The van der Waals surface area contributed by atoms with Crippen LogP contribution in [0.2, 0.25) is 0 Å². The summed E-state index contributed by atoms with van der Waals surface area (Å²) in [6, 6.07) is 4.84. The van der Waals surface area contributed by atoms with E-state index < -0.39 is 12.1 Å². The number of carbonyl (C=O) groups is 2. The van der Waals surface area contributed by atoms with E-state index in [0.717, 1.165) is 0 Å². The number of hydrogen-bond donors (Lipinski definition) is 1. The molecule has 1 N–H and O–H groups in total. The summed E-state index contributed by atoms with van der Waals surface area (Å²) < 4.78 is 14.4. The minimum atomic E-state index is -0.667. The van der Waals surface area contributed by atoms with Crippen molar-refractivity contribution in [3.63, 3.8) is 0 Å². The summed E-state index contributed by atoms with van der Waals surface area (Å²) in [5.41, 5.74) is 2.80. The molecule has 0 aliphatic carbocycles. The molecule has 0 heterocycles. The van der Waals surface area contributed by atoms with Crippen molar-refractivity contribution in [3.8, 4) is 11.5 Å². The number of ether oxygens (including phenoxy) is 3. The summed E-state index contributed by atoms with van der Waals surface area (Å²) >= 11 is 0. The molecule has 1 aromatic carbocycles. The van der Waals surface area contributed by atoms with E-state index in [4.69, 9.17) is 9.47 Å². The van der Waals surface area contributed by atoms with Gasteiger partial charge < -0.3 is 14.2 Å². The first-order chi connectivity index (χ1) is 9.06. The lowest BCUT2D eigenvalue weighted by Gasteiger charge is -2.08. The quantitative estimate of drug-likeness (QED) is 0.384. The zero-order chi connectivity index (χ0) is 14.3. The molecule has 19 heavy (non-hydrogen) atoms. The van der Waals surface area contributed by atoms with Crippen LogP contribution in [0.5, 0.6) is 11.5 Å². The maximum Gasteiger partial charge on any atom is 0.427 e. The van der Waals surface area contributed by atoms with Gasteiger partial charge >= 0.3 is 12.1 Å². The Labute approximate surface area is 110 Å². The second kappa shape index (κ2) is 7.00. The second-order valence-corrected chi connectivity index (χ2v) is 3.37. The predicted molar refractivity (Wildman–Crippen MR) is 67.4 cm³/mol. The molecule has 0 bridgehead atoms. The van der Waals surface area contributed by atoms with Crippen molar-refractivity contribution in [2.24, 2.45) is 5.10 Å². The van der Waals surface area contributed by atoms with Gasteiger partial charge in [-0.1, -0.05) is 0 Å². The zero-order valence-corrected chi connectivity index (χ0v) is 10.8. The maximum absolute atomic E-state index is 10.9. The van der Waals surface area contributed by atoms with E-state index in [-0.39, 0.29) is 0 Å². The van der Waals surface area contributed by atoms with Gasteiger partial charge in [0.2, 0.25) is 0 Å². The van der Waals surface area contributed by atoms with Gasteiger partial charge in [-0.05, 0) is 23.8 Å². The molecule has 1 aromatic rings. The van der Waals surface area contributed by atoms with Crippen molar-refractivity contribution in [3.05, 3.63) is 23.8 Å². The Morgan fingerprint density at radius 2 is 2.00 bits per heavy atom. The third-order valence-electron chi connectivity index (χ3n) is 2.00. The second-order valence-electron chi connectivity index (χ2n) is 3.37. The van der Waals surface area contributed by atoms with E-state index in [1.54, 1.807) is 18.2 Å². The first kappa shape index (κ1) is 14.5. The van der Waals surface area contributed by atoms with Crippen LogP contribution < -0.4 is 14.9 Å². The standard InChI is InChI=1S/C12H14N2O5/c1-8(15)19-10-5-4-9(6-11(10)17-2)7-13-14-12(16)18-3/h4-7H,1-3H3,(H,14,16)/b13-7+. The third kappa shape index (κ3) is 4.66. The monoisotopic (exact) mass is 266 g/mol. The van der Waals surface area contributed by atoms with Gasteiger partial charge in [0.1, 0.15) is 0 Å². The summed E-state index contributed by atoms with van der Waals surface area (Å²) in [7, 11) is 2.69. The molecule has 0 aliphatic rings. The molecule has 1 rings (SSSR count). The van der Waals surface area contributed by atoms with Gasteiger partial charge in [-0.25, -0.2) is 10.2 Å². The molecule has 0 aliphatic heterocycles. The number of rotatable bonds is 4. The SMILES string of the molecule is COC(=O)N/N=C/c1ccc(OC(C)=O)c(OC)c1. The van der Waals surface area contributed by atoms with Gasteiger partial charge in [-0.3, -0.25) is 4.79 Å². The highest BCUT2D eigenvalue weighted by Crippen LogP contribution is 2.27. The van der Waals surface area contributed by atoms with Crippen LogP contribution in [0.1, 0.15) is 12.5 Å². The number of benzene rings is 1. The van der Waals surface area contributed by atoms with E-state index in [1.807, 2.05) is 0 Å². The summed E-state index contributed by atoms with van der Waals surface area (Å²) in [4.78, 5) is 21.7. The molecule has 7 heteroatoms. The lowest BCUT2D eigenvalue weighted by Crippen LogP contribution is -2.16. The van der Waals surface area contributed by atoms with Gasteiger partial charge in [0.05, 0.1) is 20.4 Å². The molecule has 0 fully saturated rings. The van der Waals surface area contributed by atoms with Crippen molar-refractivity contribution in [2.75, 3.05) is 14.2 Å². The highest BCUT2D eigenvalue weighted by atomic mass is 16.6. The molecule has 0 spiro atoms. The van der Waals surface area contributed by atoms with Crippen LogP contribution in [0, 0.1) is 0 Å². The number of nitrogens with zero attached hydrogens (tertiary/aromatic N) is 1. The van der Waals surface area contributed by atoms with Crippen molar-refractivity contribution >= 4 is 18.3 Å². The molecular weight excluding hydrogens is 252 g/mol. The minimum absolute atomic E-state index is 0.313. The summed E-state index contributed by atoms with van der Waals surface area (Å²) in [6.07, 6.45) is 0.733. The average Bonchev–Trinajstić information content (AvgIpc) is 2.39. The minimum Gasteiger partial charge on any atom is -0.493 e. The molecule has 0 unspecified atom stereocenters. The number of nitrogens with one attached hydrogen (secondary N) is 1. The fraction of sp³-hybridized carbons (Fsp3) is 0.250. The highest BCUT2D eigenvalue weighted by Gasteiger charge is 2.07. The number of hydrogen-bond acceptors (Lipinski definition) is 6. The largest absolute Gasteiger partial charge is 0.493 e. The van der Waals surface area contributed by atoms with Crippen LogP contribution >= 0.6 is 0 Å². The van der Waals surface area contributed by atoms with Crippen molar-refractivity contribution < 1.29 is 23.8 Å². The molecule has 0 atom stereocenters. The van der Waals surface area contributed by atoms with Crippen molar-refractivity contribution in [1.29, 1.82) is 0 Å². The Morgan fingerprint density at radius 1 is 1.26 bits per heavy atom. The average molecular weight is 266 g/mol. The number of esters is 1. The Morgan fingerprint density at radius 3 is 2.58 bits per heavy atom. The third-order valence-corrected chi connectivity index (χ3v) is 2.00. The van der Waals surface area contributed by atoms with E-state index in [0.29, 0.717) is 17.1 Å². The lowest BCUT2D eigenvalue weighted by atomic mass is 10.2. The first-order valence-electron chi connectivity index (χ1n) is 5.30. The highest BCUT2D eigenvalue weighted by molar-refractivity contribution is 5.82. The topological polar surface area (TPSA) is 86.2 Å². The van der Waals surface area contributed by atoms with Crippen LogP contribution in [0.25, 0.3) is 0 Å². The number of methoxy groups -OCH3 is 2. The molecular formula is C12H14N2O5. The van der Waals surface area contributed by atoms with E-state index in [1.165, 1.54) is 27.4 Å².